The number of furan rings is 1. The summed E-state index contributed by atoms with van der Waals surface area (Å²) < 4.78 is 29.6. The lowest BCUT2D eigenvalue weighted by Gasteiger charge is -2.54. The zero-order chi connectivity index (χ0) is 24.4. The van der Waals surface area contributed by atoms with Gasteiger partial charge in [-0.1, -0.05) is 32.1 Å². The smallest absolute Gasteiger partial charge is 0.339 e. The second-order valence-electron chi connectivity index (χ2n) is 11.4. The lowest BCUT2D eigenvalue weighted by Crippen LogP contribution is -2.62. The maximum absolute atomic E-state index is 13.0. The molecule has 3 saturated heterocycles. The van der Waals surface area contributed by atoms with Crippen LogP contribution in [0.25, 0.3) is 0 Å². The molecule has 0 radical (unpaired) electrons. The van der Waals surface area contributed by atoms with Crippen molar-refractivity contribution in [2.24, 2.45) is 16.2 Å². The molecule has 182 valence electrons. The molecule has 1 unspecified atom stereocenters. The number of carbonyl (C=O) groups is 2. The first-order valence-corrected chi connectivity index (χ1v) is 11.7. The van der Waals surface area contributed by atoms with Crippen LogP contribution in [0.2, 0.25) is 0 Å². The summed E-state index contributed by atoms with van der Waals surface area (Å²) in [5.41, 5.74) is -3.47. The molecule has 0 aromatic carbocycles. The van der Waals surface area contributed by atoms with Gasteiger partial charge in [-0.3, -0.25) is 0 Å². The van der Waals surface area contributed by atoms with Crippen LogP contribution < -0.4 is 0 Å². The molecule has 3 fully saturated rings. The maximum Gasteiger partial charge on any atom is 0.339 e. The fourth-order valence-corrected chi connectivity index (χ4v) is 7.52. The van der Waals surface area contributed by atoms with Crippen LogP contribution in [0.3, 0.4) is 0 Å². The summed E-state index contributed by atoms with van der Waals surface area (Å²) in [5, 5.41) is 11.6. The number of hydrogen-bond acceptors (Lipinski definition) is 8. The van der Waals surface area contributed by atoms with Gasteiger partial charge < -0.3 is 28.5 Å². The van der Waals surface area contributed by atoms with Crippen molar-refractivity contribution in [2.75, 3.05) is 0 Å². The fourth-order valence-electron chi connectivity index (χ4n) is 7.52. The summed E-state index contributed by atoms with van der Waals surface area (Å²) in [7, 11) is 0. The summed E-state index contributed by atoms with van der Waals surface area (Å²) >= 11 is 0. The van der Waals surface area contributed by atoms with Crippen LogP contribution in [0.1, 0.15) is 59.1 Å². The van der Waals surface area contributed by atoms with E-state index >= 15 is 0 Å². The second kappa shape index (κ2) is 6.22. The molecule has 8 heteroatoms. The first kappa shape index (κ1) is 22.1. The highest BCUT2D eigenvalue weighted by molar-refractivity contribution is 5.84. The Kier molecular flexibility index (Phi) is 4.04. The van der Waals surface area contributed by atoms with Gasteiger partial charge >= 0.3 is 11.9 Å². The van der Waals surface area contributed by atoms with E-state index in [2.05, 4.69) is 19.1 Å². The average Bonchev–Trinajstić information content (AvgIpc) is 3.18. The molecule has 1 aliphatic carbocycles. The molecule has 1 aromatic rings. The third-order valence-electron chi connectivity index (χ3n) is 9.45. The zero-order valence-electron chi connectivity index (χ0n) is 20.0. The summed E-state index contributed by atoms with van der Waals surface area (Å²) in [5.74, 6) is -2.48. The van der Waals surface area contributed by atoms with E-state index in [9.17, 15) is 14.7 Å². The molecule has 5 aliphatic rings. The quantitative estimate of drug-likeness (QED) is 0.398. The summed E-state index contributed by atoms with van der Waals surface area (Å²) in [6.45, 7) is 9.30. The lowest BCUT2D eigenvalue weighted by atomic mass is 9.50. The number of hydrogen-bond donors (Lipinski definition) is 1. The van der Waals surface area contributed by atoms with Crippen molar-refractivity contribution in [3.63, 3.8) is 0 Å². The number of aliphatic hydroxyl groups is 1. The normalized spacial score (nSPS) is 50.5. The SMILES string of the molecule is CC1(C)OC(=O)C=C[C@]12C[C@@H]([C@]1(C)C=CC[C@@]3(C)[C@H](c4ccoc4)OC(=O)[C@H]4O[C@@]413)OC2(C)O. The van der Waals surface area contributed by atoms with Crippen molar-refractivity contribution < 1.29 is 38.1 Å². The van der Waals surface area contributed by atoms with Crippen molar-refractivity contribution in [1.82, 2.24) is 0 Å². The minimum atomic E-state index is -1.62. The van der Waals surface area contributed by atoms with Crippen LogP contribution in [-0.2, 0) is 28.5 Å². The van der Waals surface area contributed by atoms with Gasteiger partial charge in [0.2, 0.25) is 0 Å². The number of epoxide rings is 1. The molecule has 8 atom stereocenters. The monoisotopic (exact) mass is 470 g/mol. The van der Waals surface area contributed by atoms with Crippen LogP contribution in [0.4, 0.5) is 0 Å². The molecule has 5 heterocycles. The molecule has 0 saturated carbocycles. The minimum Gasteiger partial charge on any atom is -0.472 e. The topological polar surface area (TPSA) is 108 Å². The molecule has 8 nitrogen and oxygen atoms in total. The van der Waals surface area contributed by atoms with Crippen LogP contribution in [0, 0.1) is 16.2 Å². The number of rotatable bonds is 2. The van der Waals surface area contributed by atoms with E-state index in [0.29, 0.717) is 12.8 Å². The van der Waals surface area contributed by atoms with E-state index in [1.165, 1.54) is 6.08 Å². The van der Waals surface area contributed by atoms with Crippen LogP contribution in [-0.4, -0.2) is 46.2 Å². The Balaban J connectivity index is 1.46. The van der Waals surface area contributed by atoms with Crippen molar-refractivity contribution in [3.05, 3.63) is 48.5 Å². The highest BCUT2D eigenvalue weighted by atomic mass is 16.7. The number of cyclic esters (lactones) is 2. The van der Waals surface area contributed by atoms with Gasteiger partial charge in [-0.05, 0) is 39.7 Å². The Morgan fingerprint density at radius 2 is 1.79 bits per heavy atom. The van der Waals surface area contributed by atoms with Crippen LogP contribution in [0.5, 0.6) is 0 Å². The van der Waals surface area contributed by atoms with E-state index in [0.717, 1.165) is 5.56 Å². The van der Waals surface area contributed by atoms with Crippen molar-refractivity contribution in [1.29, 1.82) is 0 Å². The fraction of sp³-hybridized carbons (Fsp3) is 0.615. The van der Waals surface area contributed by atoms with Gasteiger partial charge in [0.25, 0.3) is 0 Å². The van der Waals surface area contributed by atoms with Gasteiger partial charge in [0.15, 0.2) is 11.9 Å². The zero-order valence-corrected chi connectivity index (χ0v) is 20.0. The van der Waals surface area contributed by atoms with Gasteiger partial charge in [-0.25, -0.2) is 9.59 Å². The van der Waals surface area contributed by atoms with E-state index in [-0.39, 0.29) is 0 Å². The van der Waals surface area contributed by atoms with E-state index < -0.39 is 63.5 Å². The third-order valence-corrected chi connectivity index (χ3v) is 9.45. The molecular formula is C26H30O8. The van der Waals surface area contributed by atoms with Crippen molar-refractivity contribution >= 4 is 11.9 Å². The Bertz CT molecular complexity index is 1130. The molecule has 1 N–H and O–H groups in total. The van der Waals surface area contributed by atoms with Gasteiger partial charge in [-0.15, -0.1) is 0 Å². The predicted molar refractivity (Wildman–Crippen MR) is 117 cm³/mol. The highest BCUT2D eigenvalue weighted by Crippen LogP contribution is 2.74. The molecule has 6 rings (SSSR count). The maximum atomic E-state index is 13.0. The van der Waals surface area contributed by atoms with E-state index in [1.807, 2.05) is 13.0 Å². The third kappa shape index (κ3) is 2.30. The number of carbonyl (C=O) groups excluding carboxylic acids is 2. The standard InChI is InChI=1S/C26H30O8/c1-21(2)25(11-7-17(27)33-21)13-16(32-24(25,5)29)22(3)9-6-10-23(4)18(15-8-12-30-14-15)31-20(28)19-26(22,23)34-19/h6-9,11-12,14,16,18-19,29H,10,13H2,1-5H3/t16-,18-,19+,22-,23-,24?,25-,26-/m0/s1. The molecule has 4 aliphatic heterocycles. The first-order valence-electron chi connectivity index (χ1n) is 11.7. The summed E-state index contributed by atoms with van der Waals surface area (Å²) in [4.78, 5) is 25.1. The largest absolute Gasteiger partial charge is 0.472 e. The average molecular weight is 471 g/mol. The van der Waals surface area contributed by atoms with E-state index in [4.69, 9.17) is 23.4 Å². The van der Waals surface area contributed by atoms with Crippen LogP contribution in [0.15, 0.2) is 47.3 Å². The minimum absolute atomic E-state index is 0.372. The van der Waals surface area contributed by atoms with Gasteiger partial charge in [0, 0.05) is 22.5 Å². The summed E-state index contributed by atoms with van der Waals surface area (Å²) in [6, 6.07) is 1.81. The second-order valence-corrected chi connectivity index (χ2v) is 11.4. The first-order chi connectivity index (χ1) is 15.8. The Morgan fingerprint density at radius 1 is 1.03 bits per heavy atom. The Morgan fingerprint density at radius 3 is 2.47 bits per heavy atom. The van der Waals surface area contributed by atoms with Gasteiger partial charge in [-0.2, -0.15) is 0 Å². The molecule has 34 heavy (non-hydrogen) atoms. The predicted octanol–water partition coefficient (Wildman–Crippen LogP) is 3.36. The Labute approximate surface area is 197 Å². The number of esters is 2. The molecule has 1 aromatic heterocycles. The van der Waals surface area contributed by atoms with E-state index in [1.54, 1.807) is 39.4 Å². The van der Waals surface area contributed by atoms with Gasteiger partial charge in [0.1, 0.15) is 17.3 Å². The number of allylic oxidation sites excluding steroid dienone is 1. The highest BCUT2D eigenvalue weighted by Gasteiger charge is 2.85. The number of ether oxygens (including phenoxy) is 4. The van der Waals surface area contributed by atoms with Crippen molar-refractivity contribution in [2.45, 2.75) is 82.8 Å². The molecule has 2 spiro atoms. The summed E-state index contributed by atoms with van der Waals surface area (Å²) in [6.07, 6.45) is 9.60. The van der Waals surface area contributed by atoms with Gasteiger partial charge in [0.05, 0.1) is 24.0 Å². The molecule has 0 bridgehead atoms. The van der Waals surface area contributed by atoms with Crippen LogP contribution >= 0.6 is 0 Å². The Hall–Kier alpha value is -2.42. The van der Waals surface area contributed by atoms with Crippen molar-refractivity contribution in [3.8, 4) is 0 Å². The lowest BCUT2D eigenvalue weighted by molar-refractivity contribution is -0.266. The molecule has 0 amide bonds. The molecular weight excluding hydrogens is 440 g/mol.